The number of rotatable bonds is 0. The first-order chi connectivity index (χ1) is 10.7. The highest BCUT2D eigenvalue weighted by atomic mass is 13.9. The van der Waals surface area contributed by atoms with Crippen LogP contribution in [0.4, 0.5) is 0 Å². The van der Waals surface area contributed by atoms with Crippen LogP contribution in [0.2, 0.25) is 0 Å². The predicted octanol–water partition coefficient (Wildman–Crippen LogP) is 3.71. The van der Waals surface area contributed by atoms with E-state index in [1.807, 2.05) is 62.4 Å². The number of hydrogen-bond donors (Lipinski definition) is 0. The quantitative estimate of drug-likeness (QED) is 0.644. The zero-order valence-corrected chi connectivity index (χ0v) is 12.6. The summed E-state index contributed by atoms with van der Waals surface area (Å²) in [6.07, 6.45) is 0. The zero-order valence-electron chi connectivity index (χ0n) is 12.6. The maximum atomic E-state index is 2.97. The third-order valence-corrected chi connectivity index (χ3v) is 2.83. The van der Waals surface area contributed by atoms with Gasteiger partial charge in [-0.15, -0.1) is 0 Å². The number of benzene rings is 2. The van der Waals surface area contributed by atoms with Gasteiger partial charge in [-0.05, 0) is 73.6 Å². The molecular formula is C22H14. The van der Waals surface area contributed by atoms with Crippen LogP contribution in [0.1, 0.15) is 22.3 Å². The van der Waals surface area contributed by atoms with Crippen LogP contribution in [0.25, 0.3) is 0 Å². The van der Waals surface area contributed by atoms with Crippen molar-refractivity contribution in [3.63, 3.8) is 0 Å². The minimum atomic E-state index is 0.951. The Labute approximate surface area is 132 Å². The summed E-state index contributed by atoms with van der Waals surface area (Å²) in [5.74, 6) is 22.2. The van der Waals surface area contributed by atoms with Crippen LogP contribution in [0.3, 0.4) is 0 Å². The minimum Gasteiger partial charge on any atom is -0.0581 e. The largest absolute Gasteiger partial charge is 0.0581 e. The fourth-order valence-corrected chi connectivity index (χ4v) is 1.61. The molecule has 102 valence electrons. The Kier molecular flexibility index (Phi) is 5.53. The Morgan fingerprint density at radius 2 is 0.773 bits per heavy atom. The summed E-state index contributed by atoms with van der Waals surface area (Å²) in [4.78, 5) is 0. The molecule has 0 bridgehead atoms. The summed E-state index contributed by atoms with van der Waals surface area (Å²) in [5, 5.41) is 0. The predicted molar refractivity (Wildman–Crippen MR) is 91.7 cm³/mol. The molecule has 0 radical (unpaired) electrons. The van der Waals surface area contributed by atoms with Crippen molar-refractivity contribution in [1.82, 2.24) is 0 Å². The fourth-order valence-electron chi connectivity index (χ4n) is 1.61. The van der Waals surface area contributed by atoms with Crippen molar-refractivity contribution in [1.29, 1.82) is 0 Å². The first kappa shape index (κ1) is 15.1. The highest BCUT2D eigenvalue weighted by molar-refractivity contribution is 5.46. The summed E-state index contributed by atoms with van der Waals surface area (Å²) in [5.41, 5.74) is 4.34. The molecule has 0 saturated heterocycles. The van der Waals surface area contributed by atoms with Crippen molar-refractivity contribution < 1.29 is 0 Å². The average molecular weight is 278 g/mol. The second-order valence-electron chi connectivity index (χ2n) is 4.73. The van der Waals surface area contributed by atoms with E-state index in [1.54, 1.807) is 0 Å². The Balaban J connectivity index is 1.93. The minimum absolute atomic E-state index is 0.951. The highest BCUT2D eigenvalue weighted by Crippen LogP contribution is 2.01. The first-order valence-corrected chi connectivity index (χ1v) is 6.89. The van der Waals surface area contributed by atoms with E-state index in [-0.39, 0.29) is 0 Å². The maximum absolute atomic E-state index is 2.97. The molecule has 0 heteroatoms. The van der Waals surface area contributed by atoms with Crippen molar-refractivity contribution in [3.05, 3.63) is 70.8 Å². The molecule has 0 spiro atoms. The van der Waals surface area contributed by atoms with E-state index < -0.39 is 0 Å². The van der Waals surface area contributed by atoms with E-state index in [0.717, 1.165) is 11.1 Å². The van der Waals surface area contributed by atoms with E-state index in [9.17, 15) is 0 Å². The monoisotopic (exact) mass is 278 g/mol. The van der Waals surface area contributed by atoms with Gasteiger partial charge in [-0.2, -0.15) is 0 Å². The summed E-state index contributed by atoms with van der Waals surface area (Å²) in [6.45, 7) is 4.09. The Morgan fingerprint density at radius 3 is 1.14 bits per heavy atom. The van der Waals surface area contributed by atoms with E-state index in [1.165, 1.54) is 11.1 Å². The Morgan fingerprint density at radius 1 is 0.455 bits per heavy atom. The molecule has 0 heterocycles. The van der Waals surface area contributed by atoms with E-state index in [0.29, 0.717) is 0 Å². The smallest absolute Gasteiger partial charge is 0.0255 e. The molecule has 2 rings (SSSR count). The van der Waals surface area contributed by atoms with Gasteiger partial charge in [0.05, 0.1) is 0 Å². The Bertz CT molecular complexity index is 800. The van der Waals surface area contributed by atoms with Gasteiger partial charge < -0.3 is 0 Å². The molecule has 0 aliphatic carbocycles. The summed E-state index contributed by atoms with van der Waals surface area (Å²) in [6, 6.07) is 16.0. The van der Waals surface area contributed by atoms with E-state index in [4.69, 9.17) is 0 Å². The molecule has 0 aromatic heterocycles. The lowest BCUT2D eigenvalue weighted by Gasteiger charge is -1.90. The van der Waals surface area contributed by atoms with Gasteiger partial charge in [-0.1, -0.05) is 47.2 Å². The van der Waals surface area contributed by atoms with Gasteiger partial charge in [0.25, 0.3) is 0 Å². The van der Waals surface area contributed by atoms with Gasteiger partial charge >= 0.3 is 0 Å². The molecule has 0 amide bonds. The third kappa shape index (κ3) is 5.35. The van der Waals surface area contributed by atoms with Crippen LogP contribution in [-0.4, -0.2) is 0 Å². The van der Waals surface area contributed by atoms with Crippen molar-refractivity contribution in [2.75, 3.05) is 0 Å². The maximum Gasteiger partial charge on any atom is 0.0255 e. The van der Waals surface area contributed by atoms with Gasteiger partial charge in [-0.25, -0.2) is 0 Å². The molecule has 0 N–H and O–H groups in total. The lowest BCUT2D eigenvalue weighted by atomic mass is 10.1. The SMILES string of the molecule is Cc1ccc(C#CC#CC#CC#Cc2ccc(C)cc2)cc1. The van der Waals surface area contributed by atoms with Gasteiger partial charge in [-0.3, -0.25) is 0 Å². The lowest BCUT2D eigenvalue weighted by Crippen LogP contribution is -1.74. The van der Waals surface area contributed by atoms with Crippen LogP contribution in [0.15, 0.2) is 48.5 Å². The molecule has 0 fully saturated rings. The molecule has 2 aromatic carbocycles. The normalized spacial score (nSPS) is 7.91. The highest BCUT2D eigenvalue weighted by Gasteiger charge is 1.85. The second-order valence-corrected chi connectivity index (χ2v) is 4.73. The summed E-state index contributed by atoms with van der Waals surface area (Å²) >= 11 is 0. The van der Waals surface area contributed by atoms with Crippen molar-refractivity contribution >= 4 is 0 Å². The molecule has 0 saturated carbocycles. The summed E-state index contributed by atoms with van der Waals surface area (Å²) < 4.78 is 0. The second kappa shape index (κ2) is 8.08. The van der Waals surface area contributed by atoms with Crippen LogP contribution in [0.5, 0.6) is 0 Å². The topological polar surface area (TPSA) is 0 Å². The van der Waals surface area contributed by atoms with Crippen LogP contribution < -0.4 is 0 Å². The summed E-state index contributed by atoms with van der Waals surface area (Å²) in [7, 11) is 0. The molecule has 0 unspecified atom stereocenters. The Hall–Kier alpha value is -3.32. The van der Waals surface area contributed by atoms with Crippen molar-refractivity contribution in [3.8, 4) is 47.4 Å². The van der Waals surface area contributed by atoms with Gasteiger partial charge in [0.1, 0.15) is 0 Å². The molecule has 0 nitrogen and oxygen atoms in total. The fraction of sp³-hybridized carbons (Fsp3) is 0.0909. The van der Waals surface area contributed by atoms with Gasteiger partial charge in [0.15, 0.2) is 0 Å². The standard InChI is InChI=1S/C22H14/c1-19-11-15-21(16-12-19)9-7-5-3-4-6-8-10-22-17-13-20(2)14-18-22/h11-18H,1-2H3. The van der Waals surface area contributed by atoms with Gasteiger partial charge in [0.2, 0.25) is 0 Å². The molecular weight excluding hydrogens is 264 g/mol. The van der Waals surface area contributed by atoms with E-state index >= 15 is 0 Å². The van der Waals surface area contributed by atoms with Crippen molar-refractivity contribution in [2.24, 2.45) is 0 Å². The molecule has 0 aliphatic heterocycles. The first-order valence-electron chi connectivity index (χ1n) is 6.89. The lowest BCUT2D eigenvalue weighted by molar-refractivity contribution is 1.46. The van der Waals surface area contributed by atoms with Crippen molar-refractivity contribution in [2.45, 2.75) is 13.8 Å². The molecule has 2 aromatic rings. The third-order valence-electron chi connectivity index (χ3n) is 2.83. The van der Waals surface area contributed by atoms with Crippen LogP contribution in [-0.2, 0) is 0 Å². The molecule has 22 heavy (non-hydrogen) atoms. The number of hydrogen-bond acceptors (Lipinski definition) is 0. The average Bonchev–Trinajstić information content (AvgIpc) is 2.53. The van der Waals surface area contributed by atoms with E-state index in [2.05, 4.69) is 47.4 Å². The van der Waals surface area contributed by atoms with Crippen LogP contribution >= 0.6 is 0 Å². The molecule has 0 aliphatic rings. The van der Waals surface area contributed by atoms with Gasteiger partial charge in [0, 0.05) is 11.1 Å². The zero-order chi connectivity index (χ0) is 15.6. The van der Waals surface area contributed by atoms with Crippen LogP contribution in [0, 0.1) is 61.2 Å². The molecule has 0 atom stereocenters. The number of aryl methyl sites for hydroxylation is 2.